The highest BCUT2D eigenvalue weighted by Gasteiger charge is 2.47. The zero-order chi connectivity index (χ0) is 11.5. The van der Waals surface area contributed by atoms with Gasteiger partial charge in [0.05, 0.1) is 6.07 Å². The van der Waals surface area contributed by atoms with Crippen molar-refractivity contribution in [3.8, 4) is 6.07 Å². The topological polar surface area (TPSA) is 35.8 Å². The lowest BCUT2D eigenvalue weighted by Gasteiger charge is -2.46. The maximum absolute atomic E-state index is 9.46. The third-order valence-corrected chi connectivity index (χ3v) is 4.48. The zero-order valence-corrected chi connectivity index (χ0v) is 11.1. The standard InChI is InChI=1S/C12H22N2S/c1-10(2)7-14-12(8-13)9-15-6-5-11(12,3)4/h10,14H,5-7,9H2,1-4H3. The Morgan fingerprint density at radius 3 is 2.60 bits per heavy atom. The Balaban J connectivity index is 2.77. The van der Waals surface area contributed by atoms with Crippen molar-refractivity contribution in [3.05, 3.63) is 0 Å². The Kier molecular flexibility index (Phi) is 4.08. The van der Waals surface area contributed by atoms with Crippen molar-refractivity contribution in [2.75, 3.05) is 18.1 Å². The monoisotopic (exact) mass is 226 g/mol. The van der Waals surface area contributed by atoms with E-state index in [2.05, 4.69) is 39.1 Å². The molecule has 0 bridgehead atoms. The van der Waals surface area contributed by atoms with Gasteiger partial charge in [-0.2, -0.15) is 17.0 Å². The fraction of sp³-hybridized carbons (Fsp3) is 0.917. The van der Waals surface area contributed by atoms with Crippen molar-refractivity contribution in [2.24, 2.45) is 11.3 Å². The van der Waals surface area contributed by atoms with E-state index in [-0.39, 0.29) is 11.0 Å². The van der Waals surface area contributed by atoms with Gasteiger partial charge in [-0.25, -0.2) is 0 Å². The molecule has 1 rings (SSSR count). The molecule has 1 N–H and O–H groups in total. The molecule has 0 amide bonds. The second-order valence-electron chi connectivity index (χ2n) is 5.48. The predicted octanol–water partition coefficient (Wildman–Crippen LogP) is 2.66. The Hall–Kier alpha value is -0.200. The van der Waals surface area contributed by atoms with E-state index in [0.29, 0.717) is 5.92 Å². The van der Waals surface area contributed by atoms with Gasteiger partial charge < -0.3 is 0 Å². The van der Waals surface area contributed by atoms with Crippen molar-refractivity contribution in [1.82, 2.24) is 5.32 Å². The van der Waals surface area contributed by atoms with Crippen LogP contribution in [-0.4, -0.2) is 23.6 Å². The normalized spacial score (nSPS) is 30.1. The summed E-state index contributed by atoms with van der Waals surface area (Å²) in [6, 6.07) is 2.53. The summed E-state index contributed by atoms with van der Waals surface area (Å²) in [5, 5.41) is 13.0. The van der Waals surface area contributed by atoms with Gasteiger partial charge >= 0.3 is 0 Å². The summed E-state index contributed by atoms with van der Waals surface area (Å²) in [4.78, 5) is 0. The molecule has 1 unspecified atom stereocenters. The smallest absolute Gasteiger partial charge is 0.121 e. The van der Waals surface area contributed by atoms with Crippen LogP contribution in [0.3, 0.4) is 0 Å². The number of thioether (sulfide) groups is 1. The summed E-state index contributed by atoms with van der Waals surface area (Å²) >= 11 is 1.90. The molecule has 1 aliphatic rings. The van der Waals surface area contributed by atoms with Crippen molar-refractivity contribution >= 4 is 11.8 Å². The first-order valence-corrected chi connectivity index (χ1v) is 6.83. The lowest BCUT2D eigenvalue weighted by molar-refractivity contribution is 0.178. The zero-order valence-electron chi connectivity index (χ0n) is 10.3. The second-order valence-corrected chi connectivity index (χ2v) is 6.58. The lowest BCUT2D eigenvalue weighted by Crippen LogP contribution is -2.59. The maximum Gasteiger partial charge on any atom is 0.121 e. The fourth-order valence-corrected chi connectivity index (χ4v) is 3.52. The fourth-order valence-electron chi connectivity index (χ4n) is 1.85. The molecule has 0 aromatic rings. The summed E-state index contributed by atoms with van der Waals surface area (Å²) in [7, 11) is 0. The molecule has 0 aliphatic carbocycles. The van der Waals surface area contributed by atoms with E-state index < -0.39 is 0 Å². The Morgan fingerprint density at radius 2 is 2.13 bits per heavy atom. The van der Waals surface area contributed by atoms with Gasteiger partial charge in [0.15, 0.2) is 0 Å². The van der Waals surface area contributed by atoms with Crippen molar-refractivity contribution in [1.29, 1.82) is 5.26 Å². The van der Waals surface area contributed by atoms with Crippen molar-refractivity contribution in [3.63, 3.8) is 0 Å². The number of nitrogens with zero attached hydrogens (tertiary/aromatic N) is 1. The second kappa shape index (κ2) is 4.76. The van der Waals surface area contributed by atoms with Gasteiger partial charge in [-0.3, -0.25) is 5.32 Å². The summed E-state index contributed by atoms with van der Waals surface area (Å²) in [6.45, 7) is 9.71. The predicted molar refractivity (Wildman–Crippen MR) is 66.9 cm³/mol. The van der Waals surface area contributed by atoms with Gasteiger partial charge in [0.2, 0.25) is 0 Å². The number of hydrogen-bond acceptors (Lipinski definition) is 3. The van der Waals surface area contributed by atoms with Crippen molar-refractivity contribution in [2.45, 2.75) is 39.7 Å². The Bertz CT molecular complexity index is 255. The molecule has 0 spiro atoms. The van der Waals surface area contributed by atoms with Gasteiger partial charge in [-0.1, -0.05) is 27.7 Å². The molecule has 1 fully saturated rings. The number of hydrogen-bond donors (Lipinski definition) is 1. The third kappa shape index (κ3) is 2.68. The van der Waals surface area contributed by atoms with Crippen LogP contribution in [0.1, 0.15) is 34.1 Å². The summed E-state index contributed by atoms with van der Waals surface area (Å²) in [5.41, 5.74) is -0.248. The molecule has 2 nitrogen and oxygen atoms in total. The van der Waals surface area contributed by atoms with Crippen LogP contribution in [0.25, 0.3) is 0 Å². The van der Waals surface area contributed by atoms with Crippen LogP contribution in [0.2, 0.25) is 0 Å². The first-order valence-electron chi connectivity index (χ1n) is 5.67. The molecule has 1 atom stereocenters. The van der Waals surface area contributed by atoms with E-state index >= 15 is 0 Å². The van der Waals surface area contributed by atoms with E-state index in [0.717, 1.165) is 18.7 Å². The van der Waals surface area contributed by atoms with E-state index in [4.69, 9.17) is 0 Å². The number of rotatable bonds is 3. The van der Waals surface area contributed by atoms with Gasteiger partial charge in [0.1, 0.15) is 5.54 Å². The lowest BCUT2D eigenvalue weighted by atomic mass is 9.71. The van der Waals surface area contributed by atoms with E-state index in [1.165, 1.54) is 5.75 Å². The highest BCUT2D eigenvalue weighted by atomic mass is 32.2. The van der Waals surface area contributed by atoms with Crippen LogP contribution in [0, 0.1) is 22.7 Å². The minimum absolute atomic E-state index is 0.0852. The summed E-state index contributed by atoms with van der Waals surface area (Å²) in [5.74, 6) is 2.70. The Morgan fingerprint density at radius 1 is 1.47 bits per heavy atom. The highest BCUT2D eigenvalue weighted by Crippen LogP contribution is 2.41. The van der Waals surface area contributed by atoms with E-state index in [1.54, 1.807) is 0 Å². The molecular formula is C12H22N2S. The number of nitriles is 1. The molecule has 1 aliphatic heterocycles. The third-order valence-electron chi connectivity index (χ3n) is 3.35. The maximum atomic E-state index is 9.46. The average molecular weight is 226 g/mol. The van der Waals surface area contributed by atoms with Crippen LogP contribution in [0.4, 0.5) is 0 Å². The molecule has 15 heavy (non-hydrogen) atoms. The van der Waals surface area contributed by atoms with Crippen LogP contribution in [0.15, 0.2) is 0 Å². The van der Waals surface area contributed by atoms with Crippen molar-refractivity contribution < 1.29 is 0 Å². The highest BCUT2D eigenvalue weighted by molar-refractivity contribution is 7.99. The van der Waals surface area contributed by atoms with Gasteiger partial charge in [-0.15, -0.1) is 0 Å². The minimum Gasteiger partial charge on any atom is -0.298 e. The van der Waals surface area contributed by atoms with Crippen LogP contribution < -0.4 is 5.32 Å². The molecule has 0 aromatic heterocycles. The molecule has 1 heterocycles. The average Bonchev–Trinajstić information content (AvgIpc) is 2.16. The van der Waals surface area contributed by atoms with Crippen LogP contribution in [0.5, 0.6) is 0 Å². The first kappa shape index (κ1) is 12.9. The van der Waals surface area contributed by atoms with Crippen LogP contribution in [-0.2, 0) is 0 Å². The first-order chi connectivity index (χ1) is 6.93. The molecule has 1 saturated heterocycles. The molecular weight excluding hydrogens is 204 g/mol. The van der Waals surface area contributed by atoms with Gasteiger partial charge in [-0.05, 0) is 30.1 Å². The minimum atomic E-state index is -0.333. The summed E-state index contributed by atoms with van der Waals surface area (Å²) in [6.07, 6.45) is 1.12. The number of nitrogens with one attached hydrogen (secondary N) is 1. The SMILES string of the molecule is CC(C)CNC1(C#N)CSCCC1(C)C. The van der Waals surface area contributed by atoms with Gasteiger partial charge in [0.25, 0.3) is 0 Å². The van der Waals surface area contributed by atoms with Gasteiger partial charge in [0, 0.05) is 5.75 Å². The summed E-state index contributed by atoms with van der Waals surface area (Å²) < 4.78 is 0. The molecule has 0 radical (unpaired) electrons. The molecule has 86 valence electrons. The Labute approximate surface area is 97.8 Å². The molecule has 0 saturated carbocycles. The molecule has 3 heteroatoms. The largest absolute Gasteiger partial charge is 0.298 e. The van der Waals surface area contributed by atoms with Crippen LogP contribution >= 0.6 is 11.8 Å². The van der Waals surface area contributed by atoms with E-state index in [9.17, 15) is 5.26 Å². The quantitative estimate of drug-likeness (QED) is 0.803. The van der Waals surface area contributed by atoms with E-state index in [1.807, 2.05) is 11.8 Å². The molecule has 0 aromatic carbocycles.